The Morgan fingerprint density at radius 3 is 2.54 bits per heavy atom. The van der Waals surface area contributed by atoms with Crippen LogP contribution in [0.3, 0.4) is 0 Å². The van der Waals surface area contributed by atoms with Gasteiger partial charge in [0, 0.05) is 30.6 Å². The zero-order valence-electron chi connectivity index (χ0n) is 14.2. The molecule has 1 unspecified atom stereocenters. The molecule has 3 rings (SSSR count). The summed E-state index contributed by atoms with van der Waals surface area (Å²) in [5.41, 5.74) is 1.83. The lowest BCUT2D eigenvalue weighted by molar-refractivity contribution is -0.139. The molecule has 1 aliphatic rings. The second-order valence-corrected chi connectivity index (χ2v) is 6.25. The van der Waals surface area contributed by atoms with Crippen molar-refractivity contribution >= 4 is 23.5 Å². The molecule has 1 fully saturated rings. The molecule has 0 aromatic heterocycles. The quantitative estimate of drug-likeness (QED) is 0.835. The van der Waals surface area contributed by atoms with Gasteiger partial charge in [0.25, 0.3) is 5.91 Å². The standard InChI is InChI=1S/C20H20N2O4/c23-18-10-5-11-22(18)16-9-4-8-15(13-16)19(24)21-17(20(25)26)12-14-6-2-1-3-7-14/h1-4,6-9,13,17H,5,10-12H2,(H,21,24)(H,25,26). The van der Waals surface area contributed by atoms with E-state index in [2.05, 4.69) is 5.32 Å². The lowest BCUT2D eigenvalue weighted by Gasteiger charge is -2.18. The van der Waals surface area contributed by atoms with Gasteiger partial charge in [0.05, 0.1) is 0 Å². The molecule has 0 radical (unpaired) electrons. The van der Waals surface area contributed by atoms with Gasteiger partial charge in [0.1, 0.15) is 6.04 Å². The molecule has 2 aromatic carbocycles. The Bertz CT molecular complexity index is 820. The molecule has 2 N–H and O–H groups in total. The van der Waals surface area contributed by atoms with Gasteiger partial charge in [-0.2, -0.15) is 0 Å². The van der Waals surface area contributed by atoms with Crippen LogP contribution in [0.5, 0.6) is 0 Å². The lowest BCUT2D eigenvalue weighted by atomic mass is 10.1. The van der Waals surface area contributed by atoms with Crippen molar-refractivity contribution < 1.29 is 19.5 Å². The summed E-state index contributed by atoms with van der Waals surface area (Å²) in [7, 11) is 0. The molecule has 26 heavy (non-hydrogen) atoms. The Labute approximate surface area is 151 Å². The second kappa shape index (κ2) is 7.82. The van der Waals surface area contributed by atoms with Crippen LogP contribution in [0.2, 0.25) is 0 Å². The van der Waals surface area contributed by atoms with Gasteiger partial charge in [-0.05, 0) is 30.2 Å². The van der Waals surface area contributed by atoms with Crippen molar-refractivity contribution in [3.8, 4) is 0 Å². The number of aliphatic carboxylic acids is 1. The molecule has 1 heterocycles. The van der Waals surface area contributed by atoms with Crippen molar-refractivity contribution in [2.45, 2.75) is 25.3 Å². The Morgan fingerprint density at radius 2 is 1.88 bits per heavy atom. The van der Waals surface area contributed by atoms with Gasteiger partial charge in [-0.1, -0.05) is 36.4 Å². The molecule has 2 amide bonds. The number of carbonyl (C=O) groups excluding carboxylic acids is 2. The van der Waals surface area contributed by atoms with Crippen LogP contribution in [0, 0.1) is 0 Å². The fraction of sp³-hybridized carbons (Fsp3) is 0.250. The largest absolute Gasteiger partial charge is 0.480 e. The van der Waals surface area contributed by atoms with Crippen LogP contribution >= 0.6 is 0 Å². The number of rotatable bonds is 6. The van der Waals surface area contributed by atoms with Crippen molar-refractivity contribution in [2.75, 3.05) is 11.4 Å². The highest BCUT2D eigenvalue weighted by molar-refractivity contribution is 6.00. The van der Waals surface area contributed by atoms with E-state index in [1.165, 1.54) is 0 Å². The molecule has 1 atom stereocenters. The lowest BCUT2D eigenvalue weighted by Crippen LogP contribution is -2.42. The van der Waals surface area contributed by atoms with Gasteiger partial charge in [-0.3, -0.25) is 9.59 Å². The van der Waals surface area contributed by atoms with E-state index in [9.17, 15) is 19.5 Å². The normalized spacial score (nSPS) is 14.9. The maximum absolute atomic E-state index is 12.5. The topological polar surface area (TPSA) is 86.7 Å². The Kier molecular flexibility index (Phi) is 5.31. The SMILES string of the molecule is O=C(NC(Cc1ccccc1)C(=O)O)c1cccc(N2CCCC2=O)c1. The van der Waals surface area contributed by atoms with Crippen molar-refractivity contribution in [3.05, 3.63) is 65.7 Å². The van der Waals surface area contributed by atoms with Gasteiger partial charge in [0.15, 0.2) is 0 Å². The number of hydrogen-bond acceptors (Lipinski definition) is 3. The van der Waals surface area contributed by atoms with E-state index in [0.29, 0.717) is 24.2 Å². The highest BCUT2D eigenvalue weighted by Gasteiger charge is 2.24. The molecule has 134 valence electrons. The minimum Gasteiger partial charge on any atom is -0.480 e. The molecule has 2 aromatic rings. The molecule has 0 spiro atoms. The summed E-state index contributed by atoms with van der Waals surface area (Å²) in [6, 6.07) is 14.8. The summed E-state index contributed by atoms with van der Waals surface area (Å²) in [4.78, 5) is 37.6. The first-order valence-corrected chi connectivity index (χ1v) is 8.52. The summed E-state index contributed by atoms with van der Waals surface area (Å²) in [6.07, 6.45) is 1.51. The number of amides is 2. The molecule has 0 aliphatic carbocycles. The number of nitrogens with one attached hydrogen (secondary N) is 1. The minimum absolute atomic E-state index is 0.0371. The van der Waals surface area contributed by atoms with Crippen molar-refractivity contribution in [1.82, 2.24) is 5.32 Å². The van der Waals surface area contributed by atoms with Crippen LogP contribution in [0.15, 0.2) is 54.6 Å². The van der Waals surface area contributed by atoms with E-state index in [4.69, 9.17) is 0 Å². The molecular formula is C20H20N2O4. The third kappa shape index (κ3) is 4.08. The average molecular weight is 352 g/mol. The first-order valence-electron chi connectivity index (χ1n) is 8.52. The zero-order chi connectivity index (χ0) is 18.5. The van der Waals surface area contributed by atoms with Gasteiger partial charge in [-0.15, -0.1) is 0 Å². The highest BCUT2D eigenvalue weighted by atomic mass is 16.4. The predicted octanol–water partition coefficient (Wildman–Crippen LogP) is 2.24. The highest BCUT2D eigenvalue weighted by Crippen LogP contribution is 2.22. The number of carboxylic acids is 1. The van der Waals surface area contributed by atoms with Crippen LogP contribution in [-0.4, -0.2) is 35.5 Å². The molecule has 0 saturated carbocycles. The Morgan fingerprint density at radius 1 is 1.12 bits per heavy atom. The van der Waals surface area contributed by atoms with Crippen molar-refractivity contribution in [3.63, 3.8) is 0 Å². The van der Waals surface area contributed by atoms with Crippen LogP contribution in [0.25, 0.3) is 0 Å². The van der Waals surface area contributed by atoms with E-state index >= 15 is 0 Å². The van der Waals surface area contributed by atoms with E-state index in [1.54, 1.807) is 29.2 Å². The third-order valence-electron chi connectivity index (χ3n) is 4.38. The van der Waals surface area contributed by atoms with Gasteiger partial charge in [-0.25, -0.2) is 4.79 Å². The number of nitrogens with zero attached hydrogens (tertiary/aromatic N) is 1. The fourth-order valence-electron chi connectivity index (χ4n) is 3.03. The molecule has 6 heteroatoms. The van der Waals surface area contributed by atoms with Crippen molar-refractivity contribution in [1.29, 1.82) is 0 Å². The Hall–Kier alpha value is -3.15. The van der Waals surface area contributed by atoms with Crippen molar-refractivity contribution in [2.24, 2.45) is 0 Å². The number of anilines is 1. The maximum Gasteiger partial charge on any atom is 0.326 e. The summed E-state index contributed by atoms with van der Waals surface area (Å²) < 4.78 is 0. The van der Waals surface area contributed by atoms with Crippen LogP contribution < -0.4 is 10.2 Å². The number of carboxylic acid groups (broad SMARTS) is 1. The number of carbonyl (C=O) groups is 3. The molecule has 6 nitrogen and oxygen atoms in total. The van der Waals surface area contributed by atoms with Gasteiger partial charge < -0.3 is 15.3 Å². The average Bonchev–Trinajstić information content (AvgIpc) is 3.08. The van der Waals surface area contributed by atoms with Crippen LogP contribution in [-0.2, 0) is 16.0 Å². The van der Waals surface area contributed by atoms with E-state index in [-0.39, 0.29) is 12.3 Å². The first-order chi connectivity index (χ1) is 12.5. The number of hydrogen-bond donors (Lipinski definition) is 2. The fourth-order valence-corrected chi connectivity index (χ4v) is 3.03. The summed E-state index contributed by atoms with van der Waals surface area (Å²) in [5.74, 6) is -1.52. The molecule has 1 aliphatic heterocycles. The summed E-state index contributed by atoms with van der Waals surface area (Å²) in [6.45, 7) is 0.635. The summed E-state index contributed by atoms with van der Waals surface area (Å²) >= 11 is 0. The monoisotopic (exact) mass is 352 g/mol. The second-order valence-electron chi connectivity index (χ2n) is 6.25. The van der Waals surface area contributed by atoms with Gasteiger partial charge >= 0.3 is 5.97 Å². The summed E-state index contributed by atoms with van der Waals surface area (Å²) in [5, 5.41) is 12.0. The molecule has 0 bridgehead atoms. The molecular weight excluding hydrogens is 332 g/mol. The van der Waals surface area contributed by atoms with E-state index < -0.39 is 17.9 Å². The van der Waals surface area contributed by atoms with Crippen LogP contribution in [0.4, 0.5) is 5.69 Å². The molecule has 1 saturated heterocycles. The number of benzene rings is 2. The van der Waals surface area contributed by atoms with E-state index in [0.717, 1.165) is 12.0 Å². The van der Waals surface area contributed by atoms with Crippen LogP contribution in [0.1, 0.15) is 28.8 Å². The van der Waals surface area contributed by atoms with E-state index in [1.807, 2.05) is 30.3 Å². The maximum atomic E-state index is 12.5. The third-order valence-corrected chi connectivity index (χ3v) is 4.38. The smallest absolute Gasteiger partial charge is 0.326 e. The Balaban J connectivity index is 1.73. The predicted molar refractivity (Wildman–Crippen MR) is 97.1 cm³/mol. The van der Waals surface area contributed by atoms with Gasteiger partial charge in [0.2, 0.25) is 5.91 Å². The zero-order valence-corrected chi connectivity index (χ0v) is 14.2. The first kappa shape index (κ1) is 17.7. The minimum atomic E-state index is -1.09.